The summed E-state index contributed by atoms with van der Waals surface area (Å²) in [6.07, 6.45) is -1.75. The van der Waals surface area contributed by atoms with Crippen LogP contribution >= 0.6 is 0 Å². The first-order valence-corrected chi connectivity index (χ1v) is 5.48. The molecule has 0 bridgehead atoms. The van der Waals surface area contributed by atoms with Crippen molar-refractivity contribution < 1.29 is 23.0 Å². The minimum absolute atomic E-state index is 0.282. The van der Waals surface area contributed by atoms with Gasteiger partial charge in [-0.3, -0.25) is 0 Å². The van der Waals surface area contributed by atoms with Gasteiger partial charge in [0.1, 0.15) is 5.75 Å². The Bertz CT molecular complexity index is 395. The average molecular weight is 246 g/mol. The van der Waals surface area contributed by atoms with Gasteiger partial charge in [-0.05, 0) is 30.5 Å². The van der Waals surface area contributed by atoms with E-state index in [0.29, 0.717) is 18.4 Å². The van der Waals surface area contributed by atoms with Crippen molar-refractivity contribution in [2.24, 2.45) is 0 Å². The second-order valence-corrected chi connectivity index (χ2v) is 4.31. The highest BCUT2D eigenvalue weighted by Crippen LogP contribution is 2.39. The molecule has 0 aromatic heterocycles. The Balaban J connectivity index is 2.22. The van der Waals surface area contributed by atoms with E-state index in [-0.39, 0.29) is 5.75 Å². The van der Waals surface area contributed by atoms with Crippen LogP contribution in [-0.4, -0.2) is 11.5 Å². The second kappa shape index (κ2) is 4.22. The summed E-state index contributed by atoms with van der Waals surface area (Å²) in [6.45, 7) is 0. The first kappa shape index (κ1) is 12.2. The van der Waals surface area contributed by atoms with Crippen molar-refractivity contribution in [2.75, 3.05) is 0 Å². The summed E-state index contributed by atoms with van der Waals surface area (Å²) in [5.74, 6) is -0.282. The van der Waals surface area contributed by atoms with Crippen molar-refractivity contribution in [3.8, 4) is 5.75 Å². The largest absolute Gasteiger partial charge is 0.573 e. The van der Waals surface area contributed by atoms with Crippen LogP contribution in [0.25, 0.3) is 0 Å². The first-order valence-electron chi connectivity index (χ1n) is 5.48. The molecule has 17 heavy (non-hydrogen) atoms. The summed E-state index contributed by atoms with van der Waals surface area (Å²) in [5, 5.41) is 10.2. The summed E-state index contributed by atoms with van der Waals surface area (Å²) < 4.78 is 40.0. The maximum Gasteiger partial charge on any atom is 0.573 e. The van der Waals surface area contributed by atoms with Crippen molar-refractivity contribution in [1.82, 2.24) is 0 Å². The molecule has 0 saturated heterocycles. The second-order valence-electron chi connectivity index (χ2n) is 4.31. The van der Waals surface area contributed by atoms with E-state index in [0.717, 1.165) is 12.8 Å². The number of benzene rings is 1. The fourth-order valence-corrected chi connectivity index (χ4v) is 2.23. The topological polar surface area (TPSA) is 29.5 Å². The Morgan fingerprint density at radius 1 is 1.18 bits per heavy atom. The van der Waals surface area contributed by atoms with Gasteiger partial charge in [-0.15, -0.1) is 13.2 Å². The molecule has 94 valence electrons. The Hall–Kier alpha value is -1.23. The van der Waals surface area contributed by atoms with Crippen molar-refractivity contribution in [1.29, 1.82) is 0 Å². The molecule has 0 atom stereocenters. The number of hydrogen-bond acceptors (Lipinski definition) is 2. The third-order valence-electron chi connectivity index (χ3n) is 3.04. The Labute approximate surface area is 97.0 Å². The summed E-state index contributed by atoms with van der Waals surface area (Å²) in [4.78, 5) is 0. The van der Waals surface area contributed by atoms with Crippen molar-refractivity contribution >= 4 is 0 Å². The predicted octanol–water partition coefficient (Wildman–Crippen LogP) is 3.35. The maximum absolute atomic E-state index is 12.1. The van der Waals surface area contributed by atoms with E-state index in [1.807, 2.05) is 0 Å². The van der Waals surface area contributed by atoms with Crippen molar-refractivity contribution in [3.63, 3.8) is 0 Å². The number of aliphatic hydroxyl groups is 1. The van der Waals surface area contributed by atoms with Gasteiger partial charge in [-0.1, -0.05) is 25.0 Å². The third kappa shape index (κ3) is 2.91. The lowest BCUT2D eigenvalue weighted by Crippen LogP contribution is -2.22. The number of hydrogen-bond donors (Lipinski definition) is 1. The zero-order valence-electron chi connectivity index (χ0n) is 9.13. The zero-order valence-corrected chi connectivity index (χ0v) is 9.13. The van der Waals surface area contributed by atoms with Crippen LogP contribution in [0.1, 0.15) is 31.2 Å². The molecule has 0 aliphatic heterocycles. The molecule has 0 amide bonds. The van der Waals surface area contributed by atoms with E-state index in [9.17, 15) is 18.3 Å². The highest BCUT2D eigenvalue weighted by atomic mass is 19.4. The van der Waals surface area contributed by atoms with Crippen molar-refractivity contribution in [3.05, 3.63) is 29.8 Å². The highest BCUT2D eigenvalue weighted by Gasteiger charge is 2.35. The van der Waals surface area contributed by atoms with Crippen LogP contribution in [0.2, 0.25) is 0 Å². The van der Waals surface area contributed by atoms with E-state index in [1.165, 1.54) is 18.2 Å². The van der Waals surface area contributed by atoms with Crippen LogP contribution in [0.5, 0.6) is 5.75 Å². The maximum atomic E-state index is 12.1. The molecule has 1 fully saturated rings. The minimum Gasteiger partial charge on any atom is -0.406 e. The molecule has 0 unspecified atom stereocenters. The van der Waals surface area contributed by atoms with Gasteiger partial charge in [0.25, 0.3) is 0 Å². The highest BCUT2D eigenvalue weighted by molar-refractivity contribution is 5.33. The number of alkyl halides is 3. The van der Waals surface area contributed by atoms with E-state index < -0.39 is 12.0 Å². The van der Waals surface area contributed by atoms with E-state index in [2.05, 4.69) is 4.74 Å². The lowest BCUT2D eigenvalue weighted by molar-refractivity contribution is -0.274. The summed E-state index contributed by atoms with van der Waals surface area (Å²) >= 11 is 0. The van der Waals surface area contributed by atoms with E-state index in [4.69, 9.17) is 0 Å². The number of rotatable bonds is 2. The molecule has 1 saturated carbocycles. The average Bonchev–Trinajstić information content (AvgIpc) is 2.64. The molecule has 2 nitrogen and oxygen atoms in total. The fraction of sp³-hybridized carbons (Fsp3) is 0.500. The van der Waals surface area contributed by atoms with Gasteiger partial charge in [0.2, 0.25) is 0 Å². The summed E-state index contributed by atoms with van der Waals surface area (Å²) in [7, 11) is 0. The summed E-state index contributed by atoms with van der Waals surface area (Å²) in [6, 6.07) is 5.59. The predicted molar refractivity (Wildman–Crippen MR) is 55.5 cm³/mol. The molecule has 1 aromatic carbocycles. The van der Waals surface area contributed by atoms with E-state index >= 15 is 0 Å². The van der Waals surface area contributed by atoms with Crippen LogP contribution in [0, 0.1) is 0 Å². The van der Waals surface area contributed by atoms with Crippen LogP contribution < -0.4 is 4.74 Å². The normalized spacial score (nSPS) is 19.3. The molecule has 0 radical (unpaired) electrons. The SMILES string of the molecule is OC1(c2cccc(OC(F)(F)F)c2)CCCC1. The number of halogens is 3. The molecule has 2 rings (SSSR count). The van der Waals surface area contributed by atoms with Gasteiger partial charge in [0, 0.05) is 0 Å². The summed E-state index contributed by atoms with van der Waals surface area (Å²) in [5.41, 5.74) is -0.498. The zero-order chi connectivity index (χ0) is 12.5. The molecule has 0 heterocycles. The molecule has 1 aliphatic rings. The quantitative estimate of drug-likeness (QED) is 0.867. The molecule has 1 aromatic rings. The number of ether oxygens (including phenoxy) is 1. The van der Waals surface area contributed by atoms with Crippen LogP contribution in [0.15, 0.2) is 24.3 Å². The third-order valence-corrected chi connectivity index (χ3v) is 3.04. The smallest absolute Gasteiger partial charge is 0.406 e. The fourth-order valence-electron chi connectivity index (χ4n) is 2.23. The molecule has 1 N–H and O–H groups in total. The molecular formula is C12H13F3O2. The molecule has 5 heteroatoms. The van der Waals surface area contributed by atoms with Gasteiger partial charge in [0.05, 0.1) is 5.60 Å². The van der Waals surface area contributed by atoms with Gasteiger partial charge in [-0.25, -0.2) is 0 Å². The Morgan fingerprint density at radius 2 is 1.82 bits per heavy atom. The minimum atomic E-state index is -4.70. The van der Waals surface area contributed by atoms with Gasteiger partial charge < -0.3 is 9.84 Å². The van der Waals surface area contributed by atoms with Gasteiger partial charge in [-0.2, -0.15) is 0 Å². The van der Waals surface area contributed by atoms with Gasteiger partial charge >= 0.3 is 6.36 Å². The van der Waals surface area contributed by atoms with Gasteiger partial charge in [0.15, 0.2) is 0 Å². The Kier molecular flexibility index (Phi) is 3.03. The molecule has 1 aliphatic carbocycles. The first-order chi connectivity index (χ1) is 7.89. The van der Waals surface area contributed by atoms with Crippen LogP contribution in [-0.2, 0) is 5.60 Å². The lowest BCUT2D eigenvalue weighted by Gasteiger charge is -2.23. The molecule has 0 spiro atoms. The lowest BCUT2D eigenvalue weighted by atomic mass is 9.92. The van der Waals surface area contributed by atoms with Crippen molar-refractivity contribution in [2.45, 2.75) is 37.6 Å². The Morgan fingerprint density at radius 3 is 2.41 bits per heavy atom. The van der Waals surface area contributed by atoms with Crippen LogP contribution in [0.4, 0.5) is 13.2 Å². The van der Waals surface area contributed by atoms with Crippen LogP contribution in [0.3, 0.4) is 0 Å². The van der Waals surface area contributed by atoms with E-state index in [1.54, 1.807) is 6.07 Å². The monoisotopic (exact) mass is 246 g/mol. The standard InChI is InChI=1S/C12H13F3O2/c13-12(14,15)17-10-5-3-4-9(8-10)11(16)6-1-2-7-11/h3-5,8,16H,1-2,6-7H2. The molecular weight excluding hydrogens is 233 g/mol.